The Morgan fingerprint density at radius 3 is 2.91 bits per heavy atom. The lowest BCUT2D eigenvalue weighted by molar-refractivity contribution is 0.218. The maximum atomic E-state index is 3.41. The topological polar surface area (TPSA) is 15.3 Å². The Kier molecular flexibility index (Phi) is 3.87. The SMILES string of the molecule is CC[C@@H](C)N1CCCNCC1. The molecule has 1 heterocycles. The van der Waals surface area contributed by atoms with E-state index in [0.29, 0.717) is 0 Å². The summed E-state index contributed by atoms with van der Waals surface area (Å²) in [7, 11) is 0. The monoisotopic (exact) mass is 156 g/mol. The van der Waals surface area contributed by atoms with Crippen LogP contribution < -0.4 is 5.32 Å². The lowest BCUT2D eigenvalue weighted by Crippen LogP contribution is -2.35. The van der Waals surface area contributed by atoms with Crippen LogP contribution in [0.25, 0.3) is 0 Å². The first-order valence-electron chi connectivity index (χ1n) is 4.79. The van der Waals surface area contributed by atoms with Gasteiger partial charge >= 0.3 is 0 Å². The van der Waals surface area contributed by atoms with Crippen LogP contribution in [0.15, 0.2) is 0 Å². The van der Waals surface area contributed by atoms with Gasteiger partial charge in [0.15, 0.2) is 0 Å². The molecule has 0 bridgehead atoms. The van der Waals surface area contributed by atoms with Crippen molar-refractivity contribution in [1.82, 2.24) is 10.2 Å². The predicted molar refractivity (Wildman–Crippen MR) is 48.8 cm³/mol. The van der Waals surface area contributed by atoms with Crippen molar-refractivity contribution in [2.45, 2.75) is 32.7 Å². The average Bonchev–Trinajstić information content (AvgIpc) is 2.30. The number of nitrogens with one attached hydrogen (secondary N) is 1. The highest BCUT2D eigenvalue weighted by Crippen LogP contribution is 2.04. The Morgan fingerprint density at radius 1 is 1.36 bits per heavy atom. The van der Waals surface area contributed by atoms with E-state index in [9.17, 15) is 0 Å². The van der Waals surface area contributed by atoms with Crippen LogP contribution in [0.2, 0.25) is 0 Å². The first-order chi connectivity index (χ1) is 5.34. The summed E-state index contributed by atoms with van der Waals surface area (Å²) in [6, 6.07) is 0.773. The van der Waals surface area contributed by atoms with Gasteiger partial charge in [-0.3, -0.25) is 4.90 Å². The summed E-state index contributed by atoms with van der Waals surface area (Å²) in [6.45, 7) is 9.47. The number of nitrogens with zero attached hydrogens (tertiary/aromatic N) is 1. The summed E-state index contributed by atoms with van der Waals surface area (Å²) in [5.74, 6) is 0. The molecule has 1 aliphatic rings. The summed E-state index contributed by atoms with van der Waals surface area (Å²) in [6.07, 6.45) is 2.59. The third kappa shape index (κ3) is 2.80. The van der Waals surface area contributed by atoms with Crippen molar-refractivity contribution < 1.29 is 0 Å². The minimum atomic E-state index is 0.773. The van der Waals surface area contributed by atoms with Crippen LogP contribution in [0.1, 0.15) is 26.7 Å². The van der Waals surface area contributed by atoms with Crippen molar-refractivity contribution in [3.8, 4) is 0 Å². The second-order valence-corrected chi connectivity index (χ2v) is 3.40. The summed E-state index contributed by atoms with van der Waals surface area (Å²) < 4.78 is 0. The molecule has 2 heteroatoms. The lowest BCUT2D eigenvalue weighted by atomic mass is 10.2. The van der Waals surface area contributed by atoms with Crippen molar-refractivity contribution in [3.63, 3.8) is 0 Å². The molecule has 0 radical (unpaired) electrons. The molecule has 2 nitrogen and oxygen atoms in total. The van der Waals surface area contributed by atoms with E-state index >= 15 is 0 Å². The molecule has 1 saturated heterocycles. The fraction of sp³-hybridized carbons (Fsp3) is 1.00. The van der Waals surface area contributed by atoms with Gasteiger partial charge in [-0.1, -0.05) is 6.92 Å². The molecular weight excluding hydrogens is 136 g/mol. The van der Waals surface area contributed by atoms with Crippen LogP contribution >= 0.6 is 0 Å². The fourth-order valence-electron chi connectivity index (χ4n) is 1.57. The normalized spacial score (nSPS) is 24.5. The van der Waals surface area contributed by atoms with Crippen molar-refractivity contribution >= 4 is 0 Å². The number of hydrogen-bond donors (Lipinski definition) is 1. The van der Waals surface area contributed by atoms with E-state index in [2.05, 4.69) is 24.1 Å². The van der Waals surface area contributed by atoms with E-state index in [1.165, 1.54) is 39.0 Å². The second kappa shape index (κ2) is 4.73. The first kappa shape index (κ1) is 9.01. The molecule has 66 valence electrons. The van der Waals surface area contributed by atoms with Crippen LogP contribution in [0.4, 0.5) is 0 Å². The van der Waals surface area contributed by atoms with Gasteiger partial charge in [-0.05, 0) is 32.9 Å². The minimum absolute atomic E-state index is 0.773. The number of hydrogen-bond acceptors (Lipinski definition) is 2. The van der Waals surface area contributed by atoms with Crippen molar-refractivity contribution in [2.24, 2.45) is 0 Å². The zero-order valence-corrected chi connectivity index (χ0v) is 7.77. The largest absolute Gasteiger partial charge is 0.315 e. The van der Waals surface area contributed by atoms with Crippen LogP contribution in [-0.4, -0.2) is 37.1 Å². The Morgan fingerprint density at radius 2 is 2.18 bits per heavy atom. The Labute approximate surface area is 70.0 Å². The summed E-state index contributed by atoms with van der Waals surface area (Å²) >= 11 is 0. The van der Waals surface area contributed by atoms with Gasteiger partial charge in [0, 0.05) is 19.1 Å². The van der Waals surface area contributed by atoms with Gasteiger partial charge in [-0.25, -0.2) is 0 Å². The van der Waals surface area contributed by atoms with Gasteiger partial charge < -0.3 is 5.32 Å². The van der Waals surface area contributed by atoms with Gasteiger partial charge in [0.2, 0.25) is 0 Å². The Hall–Kier alpha value is -0.0800. The highest BCUT2D eigenvalue weighted by molar-refractivity contribution is 4.70. The molecule has 1 aliphatic heterocycles. The molecule has 0 aromatic rings. The van der Waals surface area contributed by atoms with E-state index in [1.54, 1.807) is 0 Å². The van der Waals surface area contributed by atoms with Crippen LogP contribution in [0.5, 0.6) is 0 Å². The molecule has 0 saturated carbocycles. The third-order valence-corrected chi connectivity index (χ3v) is 2.59. The van der Waals surface area contributed by atoms with Crippen molar-refractivity contribution in [1.29, 1.82) is 0 Å². The quantitative estimate of drug-likeness (QED) is 0.643. The van der Waals surface area contributed by atoms with E-state index in [4.69, 9.17) is 0 Å². The predicted octanol–water partition coefficient (Wildman–Crippen LogP) is 1.08. The highest BCUT2D eigenvalue weighted by Gasteiger charge is 2.12. The zero-order chi connectivity index (χ0) is 8.10. The van der Waals surface area contributed by atoms with Gasteiger partial charge in [0.1, 0.15) is 0 Å². The first-order valence-corrected chi connectivity index (χ1v) is 4.79. The summed E-state index contributed by atoms with van der Waals surface area (Å²) in [5.41, 5.74) is 0. The summed E-state index contributed by atoms with van der Waals surface area (Å²) in [5, 5.41) is 3.41. The van der Waals surface area contributed by atoms with E-state index in [0.717, 1.165) is 6.04 Å². The average molecular weight is 156 g/mol. The van der Waals surface area contributed by atoms with Crippen LogP contribution in [-0.2, 0) is 0 Å². The smallest absolute Gasteiger partial charge is 0.0110 e. The van der Waals surface area contributed by atoms with Crippen LogP contribution in [0.3, 0.4) is 0 Å². The molecule has 0 amide bonds. The Bertz CT molecular complexity index is 95.7. The third-order valence-electron chi connectivity index (χ3n) is 2.59. The second-order valence-electron chi connectivity index (χ2n) is 3.40. The maximum absolute atomic E-state index is 3.41. The maximum Gasteiger partial charge on any atom is 0.0110 e. The zero-order valence-electron chi connectivity index (χ0n) is 7.77. The lowest BCUT2D eigenvalue weighted by Gasteiger charge is -2.25. The molecule has 0 aromatic carbocycles. The Balaban J connectivity index is 2.30. The fourth-order valence-corrected chi connectivity index (χ4v) is 1.57. The molecule has 1 N–H and O–H groups in total. The van der Waals surface area contributed by atoms with E-state index < -0.39 is 0 Å². The van der Waals surface area contributed by atoms with Crippen molar-refractivity contribution in [2.75, 3.05) is 26.2 Å². The molecule has 1 fully saturated rings. The molecule has 1 atom stereocenters. The molecule has 1 rings (SSSR count). The molecule has 0 spiro atoms. The van der Waals surface area contributed by atoms with Crippen LogP contribution in [0, 0.1) is 0 Å². The van der Waals surface area contributed by atoms with Gasteiger partial charge in [0.05, 0.1) is 0 Å². The minimum Gasteiger partial charge on any atom is -0.315 e. The molecule has 0 aliphatic carbocycles. The number of rotatable bonds is 2. The van der Waals surface area contributed by atoms with E-state index in [1.807, 2.05) is 0 Å². The molecule has 0 aromatic heterocycles. The van der Waals surface area contributed by atoms with E-state index in [-0.39, 0.29) is 0 Å². The molecular formula is C9H20N2. The summed E-state index contributed by atoms with van der Waals surface area (Å²) in [4.78, 5) is 2.58. The molecule has 11 heavy (non-hydrogen) atoms. The van der Waals surface area contributed by atoms with Gasteiger partial charge in [-0.15, -0.1) is 0 Å². The standard InChI is InChI=1S/C9H20N2/c1-3-9(2)11-7-4-5-10-6-8-11/h9-10H,3-8H2,1-2H3/t9-/m1/s1. The van der Waals surface area contributed by atoms with Gasteiger partial charge in [-0.2, -0.15) is 0 Å². The van der Waals surface area contributed by atoms with Crippen molar-refractivity contribution in [3.05, 3.63) is 0 Å². The van der Waals surface area contributed by atoms with Gasteiger partial charge in [0.25, 0.3) is 0 Å². The highest BCUT2D eigenvalue weighted by atomic mass is 15.2. The molecule has 0 unspecified atom stereocenters.